The van der Waals surface area contributed by atoms with E-state index >= 15 is 0 Å². The van der Waals surface area contributed by atoms with Crippen molar-refractivity contribution >= 4 is 43.5 Å². The Kier molecular flexibility index (Phi) is 7.41. The minimum absolute atomic E-state index is 0. The van der Waals surface area contributed by atoms with Gasteiger partial charge in [-0.25, -0.2) is 4.98 Å². The fourth-order valence-corrected chi connectivity index (χ4v) is 5.79. The van der Waals surface area contributed by atoms with Gasteiger partial charge < -0.3 is 14.4 Å². The van der Waals surface area contributed by atoms with E-state index in [9.17, 15) is 0 Å². The number of rotatable bonds is 3. The van der Waals surface area contributed by atoms with E-state index < -0.39 is 18.6 Å². The first-order chi connectivity index (χ1) is 22.6. The van der Waals surface area contributed by atoms with Crippen LogP contribution >= 0.6 is 11.3 Å². The third kappa shape index (κ3) is 6.53. The number of hydrogen-bond acceptors (Lipinski definition) is 5. The normalized spacial score (nSPS) is 13.7. The SMILES string of the molecule is Cc1c[c-]c(-c2cc(C)c(C)cn2)cc1.[2H]C([2H])([2H])c1ccc2c(n1)oc1c(-c3nccc4scc(C([2H])([2H])C(C)(C)C)c34)[c-]ccc12.[Ir]. The topological polar surface area (TPSA) is 51.8 Å². The van der Waals surface area contributed by atoms with E-state index in [0.717, 1.165) is 26.7 Å². The molecule has 0 aliphatic heterocycles. The molecule has 0 aliphatic rings. The van der Waals surface area contributed by atoms with Crippen LogP contribution in [0.4, 0.5) is 0 Å². The number of fused-ring (bicyclic) bond motifs is 4. The molecule has 0 atom stereocenters. The van der Waals surface area contributed by atoms with Gasteiger partial charge in [0.25, 0.3) is 0 Å². The molecule has 1 radical (unpaired) electrons. The van der Waals surface area contributed by atoms with Crippen molar-refractivity contribution in [2.24, 2.45) is 5.41 Å². The average molecular weight is 779 g/mol. The van der Waals surface area contributed by atoms with Gasteiger partial charge in [-0.05, 0) is 78.3 Å². The first-order valence-corrected chi connectivity index (χ1v) is 15.0. The predicted molar refractivity (Wildman–Crippen MR) is 180 cm³/mol. The van der Waals surface area contributed by atoms with Gasteiger partial charge in [0, 0.05) is 60.8 Å². The van der Waals surface area contributed by atoms with Gasteiger partial charge in [-0.15, -0.1) is 64.9 Å². The summed E-state index contributed by atoms with van der Waals surface area (Å²) in [6.07, 6.45) is 2.02. The standard InChI is InChI=1S/C24H21N2OS.C14H14N.Ir/c1-14-8-9-17-16-6-5-7-18(22(16)27-23(17)26-14)21-20-15(12-24(2,3)4)13-28-19(20)10-11-25-21;1-10-4-6-13(7-5-10)14-8-11(2)12(3)9-15-14;/h5-6,8-11,13H,12H2,1-4H3;4-6,8-9H,1-3H3;/q2*-1;/i1D3,12D2;;. The van der Waals surface area contributed by atoms with Gasteiger partial charge in [0.1, 0.15) is 0 Å². The second-order valence-electron chi connectivity index (χ2n) is 11.7. The Morgan fingerprint density at radius 1 is 0.977 bits per heavy atom. The van der Waals surface area contributed by atoms with Gasteiger partial charge in [-0.3, -0.25) is 0 Å². The third-order valence-corrected chi connectivity index (χ3v) is 8.10. The van der Waals surface area contributed by atoms with Crippen molar-refractivity contribution in [3.63, 3.8) is 0 Å². The molecule has 7 aromatic rings. The minimum Gasteiger partial charge on any atom is -0.486 e. The molecule has 0 bridgehead atoms. The first-order valence-electron chi connectivity index (χ1n) is 16.6. The Bertz CT molecular complexity index is 2290. The zero-order valence-corrected chi connectivity index (χ0v) is 28.6. The van der Waals surface area contributed by atoms with Gasteiger partial charge in [0.2, 0.25) is 5.71 Å². The molecule has 225 valence electrons. The molecule has 0 N–H and O–H groups in total. The molecule has 0 fully saturated rings. The Labute approximate surface area is 284 Å². The molecule has 5 aromatic heterocycles. The van der Waals surface area contributed by atoms with E-state index in [0.29, 0.717) is 27.8 Å². The maximum atomic E-state index is 8.86. The largest absolute Gasteiger partial charge is 0.486 e. The van der Waals surface area contributed by atoms with E-state index in [1.165, 1.54) is 34.1 Å². The van der Waals surface area contributed by atoms with Gasteiger partial charge in [0.15, 0.2) is 0 Å². The maximum Gasteiger partial charge on any atom is 0.216 e. The zero-order valence-electron chi connectivity index (χ0n) is 30.4. The first kappa shape index (κ1) is 25.6. The molecular formula is C38H35IrN3OS-2. The maximum absolute atomic E-state index is 8.86. The minimum atomic E-state index is -2.33. The van der Waals surface area contributed by atoms with Crippen molar-refractivity contribution < 1.29 is 31.4 Å². The molecule has 0 spiro atoms. The summed E-state index contributed by atoms with van der Waals surface area (Å²) < 4.78 is 47.6. The summed E-state index contributed by atoms with van der Waals surface area (Å²) in [4.78, 5) is 13.3. The van der Waals surface area contributed by atoms with Crippen LogP contribution in [0.5, 0.6) is 0 Å². The van der Waals surface area contributed by atoms with Crippen LogP contribution in [-0.4, -0.2) is 15.0 Å². The van der Waals surface area contributed by atoms with Crippen LogP contribution in [0.25, 0.3) is 54.7 Å². The zero-order chi connectivity index (χ0) is 34.6. The molecule has 0 amide bonds. The second kappa shape index (κ2) is 12.7. The summed E-state index contributed by atoms with van der Waals surface area (Å²) >= 11 is 1.48. The van der Waals surface area contributed by atoms with E-state index in [-0.39, 0.29) is 31.5 Å². The van der Waals surface area contributed by atoms with E-state index in [1.807, 2.05) is 50.5 Å². The third-order valence-electron chi connectivity index (χ3n) is 7.15. The molecule has 7 rings (SSSR count). The smallest absolute Gasteiger partial charge is 0.216 e. The Balaban J connectivity index is 0.000000246. The number of aryl methyl sites for hydroxylation is 4. The van der Waals surface area contributed by atoms with Gasteiger partial charge >= 0.3 is 0 Å². The summed E-state index contributed by atoms with van der Waals surface area (Å²) in [7, 11) is 0. The Hall–Kier alpha value is -3.70. The van der Waals surface area contributed by atoms with E-state index in [4.69, 9.17) is 11.3 Å². The molecule has 0 saturated heterocycles. The Morgan fingerprint density at radius 3 is 2.55 bits per heavy atom. The number of hydrogen-bond donors (Lipinski definition) is 0. The van der Waals surface area contributed by atoms with Crippen molar-refractivity contribution in [1.82, 2.24) is 15.0 Å². The van der Waals surface area contributed by atoms with Gasteiger partial charge in [-0.2, -0.15) is 0 Å². The molecule has 4 nitrogen and oxygen atoms in total. The number of furan rings is 1. The molecule has 2 aromatic carbocycles. The number of aromatic nitrogens is 3. The molecule has 0 aliphatic carbocycles. The number of pyridine rings is 3. The van der Waals surface area contributed by atoms with Crippen LogP contribution in [0.3, 0.4) is 0 Å². The average Bonchev–Trinajstić information content (AvgIpc) is 3.64. The fourth-order valence-electron chi connectivity index (χ4n) is 4.90. The van der Waals surface area contributed by atoms with Crippen molar-refractivity contribution in [3.05, 3.63) is 112 Å². The monoisotopic (exact) mass is 779 g/mol. The van der Waals surface area contributed by atoms with Gasteiger partial charge in [-0.1, -0.05) is 50.3 Å². The van der Waals surface area contributed by atoms with Crippen molar-refractivity contribution in [2.75, 3.05) is 0 Å². The van der Waals surface area contributed by atoms with Crippen LogP contribution in [-0.2, 0) is 26.5 Å². The van der Waals surface area contributed by atoms with Crippen LogP contribution in [0.1, 0.15) is 55.6 Å². The van der Waals surface area contributed by atoms with Crippen molar-refractivity contribution in [1.29, 1.82) is 0 Å². The van der Waals surface area contributed by atoms with E-state index in [1.54, 1.807) is 18.3 Å². The summed E-state index contributed by atoms with van der Waals surface area (Å²) in [5, 5.41) is 4.08. The van der Waals surface area contributed by atoms with Crippen LogP contribution in [0.15, 0.2) is 76.8 Å². The second-order valence-corrected chi connectivity index (χ2v) is 12.6. The summed E-state index contributed by atoms with van der Waals surface area (Å²) in [5.74, 6) is 0. The molecule has 6 heteroatoms. The summed E-state index contributed by atoms with van der Waals surface area (Å²) in [5.41, 5.74) is 7.62. The Morgan fingerprint density at radius 2 is 1.82 bits per heavy atom. The van der Waals surface area contributed by atoms with Crippen LogP contribution in [0, 0.1) is 45.2 Å². The predicted octanol–water partition coefficient (Wildman–Crippen LogP) is 10.4. The van der Waals surface area contributed by atoms with Crippen LogP contribution in [0.2, 0.25) is 0 Å². The summed E-state index contributed by atoms with van der Waals surface area (Å²) in [6, 6.07) is 23.4. The molecule has 0 unspecified atom stereocenters. The molecule has 44 heavy (non-hydrogen) atoms. The van der Waals surface area contributed by atoms with Crippen molar-refractivity contribution in [2.45, 2.75) is 54.8 Å². The quantitative estimate of drug-likeness (QED) is 0.168. The molecular weight excluding hydrogens is 739 g/mol. The van der Waals surface area contributed by atoms with E-state index in [2.05, 4.69) is 66.1 Å². The molecule has 5 heterocycles. The fraction of sp³-hybridized carbons (Fsp3) is 0.237. The summed E-state index contributed by atoms with van der Waals surface area (Å²) in [6.45, 7) is 9.56. The van der Waals surface area contributed by atoms with Crippen molar-refractivity contribution in [3.8, 4) is 22.5 Å². The number of nitrogens with zero attached hydrogens (tertiary/aromatic N) is 3. The van der Waals surface area contributed by atoms with Gasteiger partial charge in [0.05, 0.1) is 5.58 Å². The number of thiophene rings is 1. The number of benzene rings is 2. The molecule has 0 saturated carbocycles. The van der Waals surface area contributed by atoms with Crippen LogP contribution < -0.4 is 0 Å².